The van der Waals surface area contributed by atoms with E-state index < -0.39 is 0 Å². The van der Waals surface area contributed by atoms with Gasteiger partial charge in [-0.25, -0.2) is 4.98 Å². The zero-order valence-corrected chi connectivity index (χ0v) is 10.8. The van der Waals surface area contributed by atoms with Crippen molar-refractivity contribution in [2.45, 2.75) is 32.5 Å². The number of piperidine rings is 1. The maximum absolute atomic E-state index is 5.70. The third kappa shape index (κ3) is 2.06. The highest BCUT2D eigenvalue weighted by Gasteiger charge is 2.40. The van der Waals surface area contributed by atoms with Gasteiger partial charge in [0, 0.05) is 25.9 Å². The molecule has 2 aliphatic heterocycles. The molecule has 2 fully saturated rings. The van der Waals surface area contributed by atoms with Crippen LogP contribution < -0.4 is 4.90 Å². The zero-order chi connectivity index (χ0) is 12.6. The van der Waals surface area contributed by atoms with E-state index in [2.05, 4.69) is 20.1 Å². The molecule has 1 spiro atoms. The number of anilines is 1. The Labute approximate surface area is 106 Å². The van der Waals surface area contributed by atoms with Crippen LogP contribution in [-0.2, 0) is 9.47 Å². The summed E-state index contributed by atoms with van der Waals surface area (Å²) in [5.74, 6) is 0.370. The van der Waals surface area contributed by atoms with Crippen LogP contribution >= 0.6 is 0 Å². The van der Waals surface area contributed by atoms with Gasteiger partial charge in [0.15, 0.2) is 5.79 Å². The predicted molar refractivity (Wildman–Crippen MR) is 65.4 cm³/mol. The molecular formula is C12H18N4O2. The first-order chi connectivity index (χ1) is 8.69. The molecule has 3 rings (SSSR count). The molecule has 2 aliphatic rings. The lowest BCUT2D eigenvalue weighted by Crippen LogP contribution is -2.45. The van der Waals surface area contributed by atoms with E-state index in [-0.39, 0.29) is 5.79 Å². The van der Waals surface area contributed by atoms with Gasteiger partial charge >= 0.3 is 0 Å². The minimum absolute atomic E-state index is 0.344. The van der Waals surface area contributed by atoms with Gasteiger partial charge in [0.2, 0.25) is 5.95 Å². The largest absolute Gasteiger partial charge is 0.347 e. The molecular weight excluding hydrogens is 232 g/mol. The second kappa shape index (κ2) is 4.44. The van der Waals surface area contributed by atoms with Crippen molar-refractivity contribution in [2.75, 3.05) is 31.2 Å². The van der Waals surface area contributed by atoms with Crippen LogP contribution in [0.2, 0.25) is 0 Å². The van der Waals surface area contributed by atoms with E-state index in [0.717, 1.165) is 37.3 Å². The summed E-state index contributed by atoms with van der Waals surface area (Å²) in [7, 11) is 0. The third-order valence-corrected chi connectivity index (χ3v) is 3.70. The molecule has 6 heteroatoms. The first kappa shape index (κ1) is 11.8. The minimum Gasteiger partial charge on any atom is -0.347 e. The zero-order valence-electron chi connectivity index (χ0n) is 10.8. The number of aromatic nitrogens is 3. The molecule has 1 aromatic rings. The summed E-state index contributed by atoms with van der Waals surface area (Å²) >= 11 is 0. The fourth-order valence-electron chi connectivity index (χ4n) is 2.41. The van der Waals surface area contributed by atoms with Crippen molar-refractivity contribution in [3.05, 3.63) is 11.4 Å². The summed E-state index contributed by atoms with van der Waals surface area (Å²) in [4.78, 5) is 6.63. The summed E-state index contributed by atoms with van der Waals surface area (Å²) in [5.41, 5.74) is 1.82. The SMILES string of the molecule is Cc1nnc(N2CCC3(CC2)OCCO3)nc1C. The molecule has 1 aromatic heterocycles. The molecule has 0 unspecified atom stereocenters. The van der Waals surface area contributed by atoms with Crippen LogP contribution in [0.5, 0.6) is 0 Å². The summed E-state index contributed by atoms with van der Waals surface area (Å²) < 4.78 is 11.4. The van der Waals surface area contributed by atoms with E-state index >= 15 is 0 Å². The Bertz CT molecular complexity index is 436. The number of rotatable bonds is 1. The first-order valence-corrected chi connectivity index (χ1v) is 6.39. The topological polar surface area (TPSA) is 60.4 Å². The Kier molecular flexibility index (Phi) is 2.91. The molecule has 0 aliphatic carbocycles. The van der Waals surface area contributed by atoms with Crippen LogP contribution in [0, 0.1) is 13.8 Å². The molecule has 0 aromatic carbocycles. The van der Waals surface area contributed by atoms with E-state index in [1.54, 1.807) is 0 Å². The van der Waals surface area contributed by atoms with Gasteiger partial charge in [0.25, 0.3) is 0 Å². The molecule has 0 saturated carbocycles. The first-order valence-electron chi connectivity index (χ1n) is 6.39. The molecule has 0 atom stereocenters. The van der Waals surface area contributed by atoms with E-state index in [9.17, 15) is 0 Å². The van der Waals surface area contributed by atoms with Gasteiger partial charge in [0.05, 0.1) is 24.6 Å². The molecule has 2 saturated heterocycles. The minimum atomic E-state index is -0.344. The lowest BCUT2D eigenvalue weighted by atomic mass is 10.0. The van der Waals surface area contributed by atoms with Crippen LogP contribution in [0.3, 0.4) is 0 Å². The van der Waals surface area contributed by atoms with Crippen molar-refractivity contribution in [1.82, 2.24) is 15.2 Å². The smallest absolute Gasteiger partial charge is 0.245 e. The summed E-state index contributed by atoms with van der Waals surface area (Å²) in [6.45, 7) is 7.00. The normalized spacial score (nSPS) is 22.7. The molecule has 0 N–H and O–H groups in total. The van der Waals surface area contributed by atoms with Crippen molar-refractivity contribution in [2.24, 2.45) is 0 Å². The van der Waals surface area contributed by atoms with Crippen molar-refractivity contribution in [1.29, 1.82) is 0 Å². The lowest BCUT2D eigenvalue weighted by Gasteiger charge is -2.37. The number of aryl methyl sites for hydroxylation is 2. The molecule has 6 nitrogen and oxygen atoms in total. The summed E-state index contributed by atoms with van der Waals surface area (Å²) in [6, 6.07) is 0. The Morgan fingerprint density at radius 1 is 1.00 bits per heavy atom. The fraction of sp³-hybridized carbons (Fsp3) is 0.750. The van der Waals surface area contributed by atoms with E-state index in [4.69, 9.17) is 9.47 Å². The monoisotopic (exact) mass is 250 g/mol. The van der Waals surface area contributed by atoms with Crippen LogP contribution in [0.25, 0.3) is 0 Å². The Morgan fingerprint density at radius 3 is 2.28 bits per heavy atom. The van der Waals surface area contributed by atoms with E-state index in [1.165, 1.54) is 0 Å². The van der Waals surface area contributed by atoms with Gasteiger partial charge in [-0.2, -0.15) is 5.10 Å². The van der Waals surface area contributed by atoms with E-state index in [1.807, 2.05) is 13.8 Å². The second-order valence-corrected chi connectivity index (χ2v) is 4.88. The van der Waals surface area contributed by atoms with Gasteiger partial charge in [0.1, 0.15) is 0 Å². The van der Waals surface area contributed by atoms with Gasteiger partial charge in [-0.1, -0.05) is 0 Å². The van der Waals surface area contributed by atoms with Gasteiger partial charge < -0.3 is 14.4 Å². The average molecular weight is 250 g/mol. The van der Waals surface area contributed by atoms with Crippen molar-refractivity contribution in [3.63, 3.8) is 0 Å². The second-order valence-electron chi connectivity index (χ2n) is 4.88. The third-order valence-electron chi connectivity index (χ3n) is 3.70. The maximum atomic E-state index is 5.70. The van der Waals surface area contributed by atoms with Crippen LogP contribution in [0.1, 0.15) is 24.2 Å². The highest BCUT2D eigenvalue weighted by Crippen LogP contribution is 2.32. The Morgan fingerprint density at radius 2 is 1.67 bits per heavy atom. The maximum Gasteiger partial charge on any atom is 0.245 e. The van der Waals surface area contributed by atoms with Gasteiger partial charge in [-0.15, -0.1) is 5.10 Å². The standard InChI is InChI=1S/C12H18N4O2/c1-9-10(2)14-15-11(13-9)16-5-3-12(4-6-16)17-7-8-18-12/h3-8H2,1-2H3. The number of nitrogens with zero attached hydrogens (tertiary/aromatic N) is 4. The average Bonchev–Trinajstić information content (AvgIpc) is 2.82. The van der Waals surface area contributed by atoms with Crippen LogP contribution in [-0.4, -0.2) is 47.3 Å². The molecule has 0 amide bonds. The van der Waals surface area contributed by atoms with Crippen molar-refractivity contribution >= 4 is 5.95 Å². The molecule has 0 radical (unpaired) electrons. The number of hydrogen-bond donors (Lipinski definition) is 0. The molecule has 0 bridgehead atoms. The summed E-state index contributed by atoms with van der Waals surface area (Å²) in [5, 5.41) is 8.29. The quantitative estimate of drug-likeness (QED) is 0.736. The highest BCUT2D eigenvalue weighted by atomic mass is 16.7. The van der Waals surface area contributed by atoms with Crippen LogP contribution in [0.4, 0.5) is 5.95 Å². The lowest BCUT2D eigenvalue weighted by molar-refractivity contribution is -0.169. The Balaban J connectivity index is 1.70. The van der Waals surface area contributed by atoms with Crippen LogP contribution in [0.15, 0.2) is 0 Å². The fourth-order valence-corrected chi connectivity index (χ4v) is 2.41. The van der Waals surface area contributed by atoms with Gasteiger partial charge in [-0.05, 0) is 13.8 Å². The molecule has 3 heterocycles. The van der Waals surface area contributed by atoms with Crippen molar-refractivity contribution < 1.29 is 9.47 Å². The number of hydrogen-bond acceptors (Lipinski definition) is 6. The predicted octanol–water partition coefficient (Wildman–Crippen LogP) is 0.832. The summed E-state index contributed by atoms with van der Waals surface area (Å²) in [6.07, 6.45) is 1.73. The van der Waals surface area contributed by atoms with Gasteiger partial charge in [-0.3, -0.25) is 0 Å². The van der Waals surface area contributed by atoms with E-state index in [0.29, 0.717) is 19.2 Å². The Hall–Kier alpha value is -1.27. The molecule has 18 heavy (non-hydrogen) atoms. The van der Waals surface area contributed by atoms with Crippen molar-refractivity contribution in [3.8, 4) is 0 Å². The highest BCUT2D eigenvalue weighted by molar-refractivity contribution is 5.30. The molecule has 98 valence electrons. The number of ether oxygens (including phenoxy) is 2.